The monoisotopic (exact) mass is 465 g/mol. The van der Waals surface area contributed by atoms with Gasteiger partial charge in [0.2, 0.25) is 0 Å². The number of fused-ring (bicyclic) bond motifs is 2. The molecule has 0 saturated carbocycles. The molecule has 2 aromatic rings. The number of nitrogens with zero attached hydrogens (tertiary/aromatic N) is 1. The number of para-hydroxylation sites is 2. The summed E-state index contributed by atoms with van der Waals surface area (Å²) in [5.74, 6) is 0. The molecule has 0 aliphatic carbocycles. The fourth-order valence-electron chi connectivity index (χ4n) is 4.45. The van der Waals surface area contributed by atoms with E-state index in [1.807, 2.05) is 24.1 Å². The number of hydrogen-bond donors (Lipinski definition) is 4. The maximum absolute atomic E-state index is 13.2. The number of hydrogen-bond acceptors (Lipinski definition) is 4. The molecule has 4 N–H and O–H groups in total. The molecule has 6 nitrogen and oxygen atoms in total. The predicted molar refractivity (Wildman–Crippen MR) is 143 cm³/mol. The number of anilines is 2. The Morgan fingerprint density at radius 2 is 1.12 bits per heavy atom. The number of nitrogens with one attached hydrogen (secondary N) is 4. The Kier molecular flexibility index (Phi) is 11.9. The average molecular weight is 466 g/mol. The lowest BCUT2D eigenvalue weighted by molar-refractivity contribution is 0.248. The third-order valence-corrected chi connectivity index (χ3v) is 6.38. The SMILES string of the molecule is CNCCCCNCCCCNCCCCNC(=O)N1c2ccccc2CCc2ccccc21. The molecule has 2 amide bonds. The first-order valence-corrected chi connectivity index (χ1v) is 13.1. The van der Waals surface area contributed by atoms with Gasteiger partial charge in [0.25, 0.3) is 0 Å². The molecule has 0 aromatic heterocycles. The third-order valence-electron chi connectivity index (χ3n) is 6.38. The second-order valence-electron chi connectivity index (χ2n) is 9.05. The van der Waals surface area contributed by atoms with Crippen LogP contribution in [0.1, 0.15) is 49.7 Å². The number of benzene rings is 2. The topological polar surface area (TPSA) is 68.4 Å². The van der Waals surface area contributed by atoms with Crippen LogP contribution in [-0.4, -0.2) is 52.3 Å². The maximum Gasteiger partial charge on any atom is 0.326 e. The van der Waals surface area contributed by atoms with Crippen LogP contribution in [0.15, 0.2) is 48.5 Å². The molecule has 0 atom stereocenters. The Balaban J connectivity index is 1.30. The Hall–Kier alpha value is -2.41. The van der Waals surface area contributed by atoms with Gasteiger partial charge in [-0.15, -0.1) is 0 Å². The number of unbranched alkanes of at least 4 members (excludes halogenated alkanes) is 3. The summed E-state index contributed by atoms with van der Waals surface area (Å²) in [5, 5.41) is 13.4. The summed E-state index contributed by atoms with van der Waals surface area (Å²) >= 11 is 0. The van der Waals surface area contributed by atoms with Crippen molar-refractivity contribution in [2.45, 2.75) is 51.4 Å². The molecular weight excluding hydrogens is 422 g/mol. The minimum absolute atomic E-state index is 0.0341. The van der Waals surface area contributed by atoms with Gasteiger partial charge in [0, 0.05) is 6.54 Å². The zero-order valence-corrected chi connectivity index (χ0v) is 20.9. The molecule has 2 aromatic carbocycles. The fraction of sp³-hybridized carbons (Fsp3) is 0.536. The van der Waals surface area contributed by atoms with Crippen molar-refractivity contribution < 1.29 is 4.79 Å². The van der Waals surface area contributed by atoms with E-state index in [1.54, 1.807) is 0 Å². The van der Waals surface area contributed by atoms with Crippen molar-refractivity contribution >= 4 is 17.4 Å². The van der Waals surface area contributed by atoms with E-state index in [0.717, 1.165) is 69.8 Å². The van der Waals surface area contributed by atoms with Gasteiger partial charge in [-0.05, 0) is 114 Å². The Morgan fingerprint density at radius 3 is 1.62 bits per heavy atom. The van der Waals surface area contributed by atoms with Crippen molar-refractivity contribution in [2.75, 3.05) is 51.2 Å². The van der Waals surface area contributed by atoms with Crippen LogP contribution in [0.5, 0.6) is 0 Å². The smallest absolute Gasteiger partial charge is 0.326 e. The first-order valence-electron chi connectivity index (χ1n) is 13.1. The summed E-state index contributed by atoms with van der Waals surface area (Å²) in [7, 11) is 2.01. The largest absolute Gasteiger partial charge is 0.337 e. The van der Waals surface area contributed by atoms with Gasteiger partial charge in [0.1, 0.15) is 0 Å². The van der Waals surface area contributed by atoms with Crippen molar-refractivity contribution in [3.05, 3.63) is 59.7 Å². The highest BCUT2D eigenvalue weighted by atomic mass is 16.2. The van der Waals surface area contributed by atoms with Gasteiger partial charge in [0.15, 0.2) is 0 Å². The van der Waals surface area contributed by atoms with Crippen LogP contribution < -0.4 is 26.2 Å². The Morgan fingerprint density at radius 1 is 0.676 bits per heavy atom. The van der Waals surface area contributed by atoms with Crippen LogP contribution in [-0.2, 0) is 12.8 Å². The summed E-state index contributed by atoms with van der Waals surface area (Å²) in [4.78, 5) is 15.1. The minimum atomic E-state index is -0.0341. The van der Waals surface area contributed by atoms with Crippen LogP contribution in [0.2, 0.25) is 0 Å². The molecule has 0 bridgehead atoms. The van der Waals surface area contributed by atoms with Crippen molar-refractivity contribution in [2.24, 2.45) is 0 Å². The molecule has 0 saturated heterocycles. The van der Waals surface area contributed by atoms with E-state index in [2.05, 4.69) is 57.7 Å². The lowest BCUT2D eigenvalue weighted by Crippen LogP contribution is -2.38. The molecular formula is C28H43N5O. The zero-order chi connectivity index (χ0) is 23.8. The normalized spacial score (nSPS) is 12.7. The number of amides is 2. The van der Waals surface area contributed by atoms with Crippen LogP contribution in [0.25, 0.3) is 0 Å². The first kappa shape index (κ1) is 26.2. The summed E-state index contributed by atoms with van der Waals surface area (Å²) in [6.45, 7) is 6.09. The van der Waals surface area contributed by atoms with Crippen molar-refractivity contribution in [1.29, 1.82) is 0 Å². The summed E-state index contributed by atoms with van der Waals surface area (Å²) in [6.07, 6.45) is 8.85. The molecule has 0 radical (unpaired) electrons. The number of rotatable bonds is 15. The molecule has 0 fully saturated rings. The molecule has 6 heteroatoms. The van der Waals surface area contributed by atoms with Crippen LogP contribution in [0.4, 0.5) is 16.2 Å². The lowest BCUT2D eigenvalue weighted by Gasteiger charge is -2.25. The molecule has 0 unspecified atom stereocenters. The van der Waals surface area contributed by atoms with Gasteiger partial charge >= 0.3 is 6.03 Å². The Bertz CT molecular complexity index is 809. The second kappa shape index (κ2) is 15.5. The summed E-state index contributed by atoms with van der Waals surface area (Å²) < 4.78 is 0. The highest BCUT2D eigenvalue weighted by molar-refractivity contribution is 6.01. The first-order chi connectivity index (χ1) is 16.8. The van der Waals surface area contributed by atoms with Crippen molar-refractivity contribution in [1.82, 2.24) is 21.3 Å². The third kappa shape index (κ3) is 8.42. The molecule has 3 rings (SSSR count). The summed E-state index contributed by atoms with van der Waals surface area (Å²) in [6, 6.07) is 16.5. The number of carbonyl (C=O) groups is 1. The maximum atomic E-state index is 13.2. The van der Waals surface area contributed by atoms with E-state index >= 15 is 0 Å². The van der Waals surface area contributed by atoms with Crippen LogP contribution in [0.3, 0.4) is 0 Å². The highest BCUT2D eigenvalue weighted by Gasteiger charge is 2.25. The van der Waals surface area contributed by atoms with E-state index in [4.69, 9.17) is 0 Å². The summed E-state index contributed by atoms with van der Waals surface area (Å²) in [5.41, 5.74) is 4.45. The molecule has 186 valence electrons. The number of urea groups is 1. The molecule has 1 aliphatic rings. The standard InChI is InChI=1S/C28H43N5O/c1-29-18-6-7-19-30-20-8-9-21-31-22-10-11-23-32-28(34)33-26-14-4-2-12-24(26)16-17-25-13-3-5-15-27(25)33/h2-5,12-15,29-31H,6-11,16-23H2,1H3,(H,32,34). The Labute approximate surface area is 205 Å². The van der Waals surface area contributed by atoms with E-state index in [0.29, 0.717) is 6.54 Å². The molecule has 1 heterocycles. The molecule has 0 spiro atoms. The predicted octanol–water partition coefficient (Wildman–Crippen LogP) is 4.37. The van der Waals surface area contributed by atoms with Crippen molar-refractivity contribution in [3.63, 3.8) is 0 Å². The minimum Gasteiger partial charge on any atom is -0.337 e. The van der Waals surface area contributed by atoms with Crippen molar-refractivity contribution in [3.8, 4) is 0 Å². The van der Waals surface area contributed by atoms with Gasteiger partial charge in [-0.25, -0.2) is 4.79 Å². The second-order valence-corrected chi connectivity index (χ2v) is 9.05. The quantitative estimate of drug-likeness (QED) is 0.295. The fourth-order valence-corrected chi connectivity index (χ4v) is 4.45. The van der Waals surface area contributed by atoms with Gasteiger partial charge < -0.3 is 21.3 Å². The van der Waals surface area contributed by atoms with E-state index < -0.39 is 0 Å². The number of aryl methyl sites for hydroxylation is 2. The van der Waals surface area contributed by atoms with E-state index in [9.17, 15) is 4.79 Å². The van der Waals surface area contributed by atoms with Gasteiger partial charge in [0.05, 0.1) is 11.4 Å². The highest BCUT2D eigenvalue weighted by Crippen LogP contribution is 2.35. The average Bonchev–Trinajstić information content (AvgIpc) is 3.03. The van der Waals surface area contributed by atoms with Crippen LogP contribution >= 0.6 is 0 Å². The van der Waals surface area contributed by atoms with E-state index in [-0.39, 0.29) is 6.03 Å². The zero-order valence-electron chi connectivity index (χ0n) is 20.9. The lowest BCUT2D eigenvalue weighted by atomic mass is 10.0. The van der Waals surface area contributed by atoms with Gasteiger partial charge in [-0.3, -0.25) is 4.90 Å². The van der Waals surface area contributed by atoms with Gasteiger partial charge in [-0.2, -0.15) is 0 Å². The van der Waals surface area contributed by atoms with Crippen LogP contribution in [0, 0.1) is 0 Å². The van der Waals surface area contributed by atoms with Gasteiger partial charge in [-0.1, -0.05) is 36.4 Å². The molecule has 1 aliphatic heterocycles. The van der Waals surface area contributed by atoms with E-state index in [1.165, 1.54) is 36.8 Å². The molecule has 34 heavy (non-hydrogen) atoms. The number of carbonyl (C=O) groups excluding carboxylic acids is 1.